The van der Waals surface area contributed by atoms with Crippen molar-refractivity contribution in [2.24, 2.45) is 0 Å². The Morgan fingerprint density at radius 1 is 1.25 bits per heavy atom. The van der Waals surface area contributed by atoms with E-state index in [-0.39, 0.29) is 0 Å². The van der Waals surface area contributed by atoms with Crippen LogP contribution in [0.25, 0.3) is 6.08 Å². The number of rotatable bonds is 3. The minimum absolute atomic E-state index is 0.321. The number of hydrogen-bond donors (Lipinski definition) is 1. The van der Waals surface area contributed by atoms with Crippen LogP contribution in [0, 0.1) is 0 Å². The zero-order valence-electron chi connectivity index (χ0n) is 8.29. The Kier molecular flexibility index (Phi) is 5.13. The summed E-state index contributed by atoms with van der Waals surface area (Å²) < 4.78 is -1.90. The highest BCUT2D eigenvalue weighted by atomic mass is 35.6. The first-order valence-corrected chi connectivity index (χ1v) is 5.70. The largest absolute Gasteiger partial charge is 0.349 e. The third kappa shape index (κ3) is 4.88. The molecule has 5 heteroatoms. The molecular formula is C11H10Cl3NO. The van der Waals surface area contributed by atoms with E-state index in [1.54, 1.807) is 6.08 Å². The van der Waals surface area contributed by atoms with Crippen molar-refractivity contribution >= 4 is 46.8 Å². The van der Waals surface area contributed by atoms with Crippen LogP contribution in [-0.2, 0) is 4.79 Å². The zero-order chi connectivity index (χ0) is 12.0. The molecule has 0 radical (unpaired) electrons. The fourth-order valence-electron chi connectivity index (χ4n) is 1.01. The number of carbonyl (C=O) groups is 1. The van der Waals surface area contributed by atoms with Gasteiger partial charge in [-0.3, -0.25) is 4.79 Å². The maximum Gasteiger partial charge on any atom is 0.272 e. The molecule has 1 amide bonds. The van der Waals surface area contributed by atoms with Gasteiger partial charge in [0, 0.05) is 6.54 Å². The van der Waals surface area contributed by atoms with Gasteiger partial charge in [-0.2, -0.15) is 0 Å². The summed E-state index contributed by atoms with van der Waals surface area (Å²) in [6.07, 6.45) is 3.66. The van der Waals surface area contributed by atoms with E-state index in [1.807, 2.05) is 36.4 Å². The van der Waals surface area contributed by atoms with Crippen molar-refractivity contribution in [3.63, 3.8) is 0 Å². The average molecular weight is 279 g/mol. The van der Waals surface area contributed by atoms with E-state index >= 15 is 0 Å². The number of hydrogen-bond acceptors (Lipinski definition) is 1. The second-order valence-electron chi connectivity index (χ2n) is 3.02. The molecule has 1 N–H and O–H groups in total. The molecule has 1 aromatic carbocycles. The number of nitrogens with one attached hydrogen (secondary N) is 1. The first-order valence-electron chi connectivity index (χ1n) is 4.57. The molecule has 0 heterocycles. The quantitative estimate of drug-likeness (QED) is 0.845. The van der Waals surface area contributed by atoms with Gasteiger partial charge < -0.3 is 5.32 Å². The average Bonchev–Trinajstić information content (AvgIpc) is 2.24. The van der Waals surface area contributed by atoms with Crippen LogP contribution in [0.15, 0.2) is 36.4 Å². The predicted octanol–water partition coefficient (Wildman–Crippen LogP) is 3.19. The van der Waals surface area contributed by atoms with Gasteiger partial charge in [-0.05, 0) is 5.56 Å². The van der Waals surface area contributed by atoms with E-state index in [9.17, 15) is 4.79 Å². The summed E-state index contributed by atoms with van der Waals surface area (Å²) in [4.78, 5) is 11.1. The highest BCUT2D eigenvalue weighted by molar-refractivity contribution is 6.76. The van der Waals surface area contributed by atoms with Crippen LogP contribution in [0.2, 0.25) is 0 Å². The van der Waals surface area contributed by atoms with E-state index in [1.165, 1.54) is 0 Å². The smallest absolute Gasteiger partial charge is 0.272 e. The van der Waals surface area contributed by atoms with Gasteiger partial charge in [0.1, 0.15) is 0 Å². The Labute approximate surface area is 109 Å². The number of amides is 1. The van der Waals surface area contributed by atoms with Crippen molar-refractivity contribution in [1.82, 2.24) is 5.32 Å². The van der Waals surface area contributed by atoms with Crippen LogP contribution in [0.3, 0.4) is 0 Å². The summed E-state index contributed by atoms with van der Waals surface area (Å²) in [5.74, 6) is -0.629. The maximum atomic E-state index is 11.1. The van der Waals surface area contributed by atoms with Crippen LogP contribution < -0.4 is 5.32 Å². The van der Waals surface area contributed by atoms with Crippen LogP contribution in [0.1, 0.15) is 5.56 Å². The summed E-state index contributed by atoms with van der Waals surface area (Å²) >= 11 is 16.1. The minimum atomic E-state index is -1.90. The van der Waals surface area contributed by atoms with Crippen molar-refractivity contribution in [3.8, 4) is 0 Å². The Hall–Kier alpha value is -0.700. The SMILES string of the molecule is O=C(NCC=Cc1ccccc1)C(Cl)(Cl)Cl. The van der Waals surface area contributed by atoms with E-state index in [0.29, 0.717) is 6.54 Å². The van der Waals surface area contributed by atoms with Crippen molar-refractivity contribution in [2.75, 3.05) is 6.54 Å². The second-order valence-corrected chi connectivity index (χ2v) is 5.30. The van der Waals surface area contributed by atoms with Crippen LogP contribution >= 0.6 is 34.8 Å². The molecule has 0 spiro atoms. The number of carbonyl (C=O) groups excluding carboxylic acids is 1. The summed E-state index contributed by atoms with van der Waals surface area (Å²) in [6.45, 7) is 0.321. The summed E-state index contributed by atoms with van der Waals surface area (Å²) in [5, 5.41) is 2.47. The Bertz CT molecular complexity index is 371. The lowest BCUT2D eigenvalue weighted by atomic mass is 10.2. The molecule has 0 aliphatic heterocycles. The summed E-state index contributed by atoms with van der Waals surface area (Å²) in [5.41, 5.74) is 1.05. The summed E-state index contributed by atoms with van der Waals surface area (Å²) in [7, 11) is 0. The maximum absolute atomic E-state index is 11.1. The third-order valence-corrected chi connectivity index (χ3v) is 2.26. The molecular weight excluding hydrogens is 268 g/mol. The molecule has 0 aliphatic rings. The van der Waals surface area contributed by atoms with E-state index < -0.39 is 9.70 Å². The normalized spacial score (nSPS) is 11.7. The van der Waals surface area contributed by atoms with Gasteiger partial charge in [0.05, 0.1) is 0 Å². The number of alkyl halides is 3. The van der Waals surface area contributed by atoms with Gasteiger partial charge in [-0.1, -0.05) is 77.3 Å². The molecule has 0 bridgehead atoms. The molecule has 0 fully saturated rings. The molecule has 0 aliphatic carbocycles. The summed E-state index contributed by atoms with van der Waals surface area (Å²) in [6, 6.07) is 9.70. The van der Waals surface area contributed by atoms with Crippen LogP contribution in [0.4, 0.5) is 0 Å². The fraction of sp³-hybridized carbons (Fsp3) is 0.182. The van der Waals surface area contributed by atoms with Gasteiger partial charge in [0.2, 0.25) is 0 Å². The lowest BCUT2D eigenvalue weighted by molar-refractivity contribution is -0.120. The van der Waals surface area contributed by atoms with Crippen LogP contribution in [0.5, 0.6) is 0 Å². The fourth-order valence-corrected chi connectivity index (χ4v) is 1.21. The van der Waals surface area contributed by atoms with Crippen molar-refractivity contribution in [1.29, 1.82) is 0 Å². The lowest BCUT2D eigenvalue weighted by Gasteiger charge is -2.09. The van der Waals surface area contributed by atoms with Gasteiger partial charge in [-0.15, -0.1) is 0 Å². The van der Waals surface area contributed by atoms with Gasteiger partial charge in [-0.25, -0.2) is 0 Å². The standard InChI is InChI=1S/C11H10Cl3NO/c12-11(13,14)10(16)15-8-4-7-9-5-2-1-3-6-9/h1-7H,8H2,(H,15,16). The number of benzene rings is 1. The molecule has 0 saturated heterocycles. The van der Waals surface area contributed by atoms with Gasteiger partial charge >= 0.3 is 0 Å². The van der Waals surface area contributed by atoms with Crippen molar-refractivity contribution in [2.45, 2.75) is 3.79 Å². The molecule has 0 saturated carbocycles. The second kappa shape index (κ2) is 6.14. The molecule has 0 aromatic heterocycles. The third-order valence-electron chi connectivity index (χ3n) is 1.75. The molecule has 1 rings (SSSR count). The Morgan fingerprint density at radius 3 is 2.44 bits per heavy atom. The van der Waals surface area contributed by atoms with Crippen LogP contribution in [-0.4, -0.2) is 16.2 Å². The molecule has 0 unspecified atom stereocenters. The molecule has 16 heavy (non-hydrogen) atoms. The van der Waals surface area contributed by atoms with E-state index in [0.717, 1.165) is 5.56 Å². The molecule has 1 aromatic rings. The molecule has 86 valence electrons. The van der Waals surface area contributed by atoms with Crippen molar-refractivity contribution in [3.05, 3.63) is 42.0 Å². The lowest BCUT2D eigenvalue weighted by Crippen LogP contribution is -2.34. The highest BCUT2D eigenvalue weighted by Crippen LogP contribution is 2.25. The zero-order valence-corrected chi connectivity index (χ0v) is 10.6. The Morgan fingerprint density at radius 2 is 1.88 bits per heavy atom. The van der Waals surface area contributed by atoms with Crippen molar-refractivity contribution < 1.29 is 4.79 Å². The van der Waals surface area contributed by atoms with E-state index in [4.69, 9.17) is 34.8 Å². The predicted molar refractivity (Wildman–Crippen MR) is 68.8 cm³/mol. The Balaban J connectivity index is 2.37. The molecule has 0 atom stereocenters. The first-order chi connectivity index (χ1) is 7.50. The van der Waals surface area contributed by atoms with Gasteiger partial charge in [0.25, 0.3) is 9.70 Å². The van der Waals surface area contributed by atoms with Gasteiger partial charge in [0.15, 0.2) is 0 Å². The minimum Gasteiger partial charge on any atom is -0.349 e. The van der Waals surface area contributed by atoms with E-state index in [2.05, 4.69) is 5.32 Å². The first kappa shape index (κ1) is 13.4. The topological polar surface area (TPSA) is 29.1 Å². The molecule has 2 nitrogen and oxygen atoms in total. The number of halogens is 3. The highest BCUT2D eigenvalue weighted by Gasteiger charge is 2.29. The monoisotopic (exact) mass is 277 g/mol.